The Morgan fingerprint density at radius 3 is 2.83 bits per heavy atom. The van der Waals surface area contributed by atoms with Crippen LogP contribution in [0.4, 0.5) is 4.39 Å². The lowest BCUT2D eigenvalue weighted by molar-refractivity contribution is 0.0692. The van der Waals surface area contributed by atoms with E-state index < -0.39 is 11.8 Å². The summed E-state index contributed by atoms with van der Waals surface area (Å²) in [6, 6.07) is 4.22. The first kappa shape index (κ1) is 15.0. The van der Waals surface area contributed by atoms with Crippen LogP contribution in [0.2, 0.25) is 0 Å². The molecule has 1 atom stereocenters. The van der Waals surface area contributed by atoms with Crippen LogP contribution < -0.4 is 5.32 Å². The molecule has 5 heteroatoms. The summed E-state index contributed by atoms with van der Waals surface area (Å²) in [5, 5.41) is 11.9. The minimum Gasteiger partial charge on any atom is -0.478 e. The normalized spacial score (nSPS) is 12.4. The SMILES string of the molecule is CSCC(C)CNCc1ccc(C(=O)O)c(F)c1. The van der Waals surface area contributed by atoms with Gasteiger partial charge < -0.3 is 10.4 Å². The quantitative estimate of drug-likeness (QED) is 0.800. The number of nitrogens with one attached hydrogen (secondary N) is 1. The Labute approximate surface area is 111 Å². The second-order valence-corrected chi connectivity index (χ2v) is 5.22. The van der Waals surface area contributed by atoms with Gasteiger partial charge >= 0.3 is 5.97 Å². The predicted octanol–water partition coefficient (Wildman–Crippen LogP) is 2.61. The summed E-state index contributed by atoms with van der Waals surface area (Å²) in [6.45, 7) is 3.57. The summed E-state index contributed by atoms with van der Waals surface area (Å²) in [5.41, 5.74) is 0.475. The number of hydrogen-bond donors (Lipinski definition) is 2. The molecule has 0 aliphatic carbocycles. The number of aromatic carboxylic acids is 1. The number of hydrogen-bond acceptors (Lipinski definition) is 3. The molecule has 1 unspecified atom stereocenters. The van der Waals surface area contributed by atoms with Crippen LogP contribution in [-0.4, -0.2) is 29.6 Å². The molecule has 0 radical (unpaired) electrons. The van der Waals surface area contributed by atoms with Gasteiger partial charge in [-0.1, -0.05) is 13.0 Å². The van der Waals surface area contributed by atoms with Crippen molar-refractivity contribution in [2.24, 2.45) is 5.92 Å². The molecule has 1 rings (SSSR count). The van der Waals surface area contributed by atoms with Gasteiger partial charge in [-0.15, -0.1) is 0 Å². The Kier molecular flexibility index (Phi) is 6.15. The molecule has 1 aromatic carbocycles. The fourth-order valence-electron chi connectivity index (χ4n) is 1.65. The van der Waals surface area contributed by atoms with E-state index in [1.165, 1.54) is 12.1 Å². The molecular formula is C13H18FNO2S. The van der Waals surface area contributed by atoms with Gasteiger partial charge in [0.05, 0.1) is 5.56 Å². The molecule has 0 bridgehead atoms. The zero-order valence-electron chi connectivity index (χ0n) is 10.6. The van der Waals surface area contributed by atoms with Crippen LogP contribution in [0.15, 0.2) is 18.2 Å². The lowest BCUT2D eigenvalue weighted by Crippen LogP contribution is -2.22. The fourth-order valence-corrected chi connectivity index (χ4v) is 2.34. The van der Waals surface area contributed by atoms with Crippen LogP contribution in [0.3, 0.4) is 0 Å². The first-order valence-corrected chi connectivity index (χ1v) is 7.15. The number of rotatable bonds is 7. The van der Waals surface area contributed by atoms with E-state index in [1.807, 2.05) is 0 Å². The van der Waals surface area contributed by atoms with E-state index in [0.717, 1.165) is 17.9 Å². The number of carboxylic acid groups (broad SMARTS) is 1. The Morgan fingerprint density at radius 1 is 1.56 bits per heavy atom. The molecule has 0 aliphatic heterocycles. The van der Waals surface area contributed by atoms with Crippen molar-refractivity contribution in [3.63, 3.8) is 0 Å². The maximum atomic E-state index is 13.4. The van der Waals surface area contributed by atoms with Crippen LogP contribution >= 0.6 is 11.8 Å². The Balaban J connectivity index is 2.49. The van der Waals surface area contributed by atoms with Gasteiger partial charge in [0, 0.05) is 6.54 Å². The first-order chi connectivity index (χ1) is 8.54. The largest absolute Gasteiger partial charge is 0.478 e. The number of thioether (sulfide) groups is 1. The monoisotopic (exact) mass is 271 g/mol. The maximum Gasteiger partial charge on any atom is 0.338 e. The summed E-state index contributed by atoms with van der Waals surface area (Å²) >= 11 is 1.80. The zero-order chi connectivity index (χ0) is 13.5. The molecule has 3 nitrogen and oxygen atoms in total. The van der Waals surface area contributed by atoms with Gasteiger partial charge in [0.2, 0.25) is 0 Å². The number of benzene rings is 1. The van der Waals surface area contributed by atoms with Gasteiger partial charge in [-0.05, 0) is 42.2 Å². The Hall–Kier alpha value is -1.07. The molecule has 2 N–H and O–H groups in total. The number of halogens is 1. The van der Waals surface area contributed by atoms with E-state index in [9.17, 15) is 9.18 Å². The van der Waals surface area contributed by atoms with Crippen LogP contribution in [0.25, 0.3) is 0 Å². The van der Waals surface area contributed by atoms with Gasteiger partial charge in [-0.25, -0.2) is 9.18 Å². The summed E-state index contributed by atoms with van der Waals surface area (Å²) in [7, 11) is 0. The highest BCUT2D eigenvalue weighted by atomic mass is 32.2. The lowest BCUT2D eigenvalue weighted by Gasteiger charge is -2.11. The van der Waals surface area contributed by atoms with E-state index in [-0.39, 0.29) is 5.56 Å². The highest BCUT2D eigenvalue weighted by Crippen LogP contribution is 2.11. The highest BCUT2D eigenvalue weighted by Gasteiger charge is 2.10. The molecule has 0 amide bonds. The molecule has 0 aliphatic rings. The van der Waals surface area contributed by atoms with Crippen molar-refractivity contribution in [3.05, 3.63) is 35.1 Å². The summed E-state index contributed by atoms with van der Waals surface area (Å²) in [6.07, 6.45) is 2.07. The average Bonchev–Trinajstić information content (AvgIpc) is 2.29. The van der Waals surface area contributed by atoms with Gasteiger partial charge in [0.1, 0.15) is 5.82 Å². The summed E-state index contributed by atoms with van der Waals surface area (Å²) in [5.74, 6) is -0.276. The van der Waals surface area contributed by atoms with Crippen molar-refractivity contribution >= 4 is 17.7 Å². The molecule has 0 heterocycles. The maximum absolute atomic E-state index is 13.4. The summed E-state index contributed by atoms with van der Waals surface area (Å²) < 4.78 is 13.4. The number of carboxylic acids is 1. The van der Waals surface area contributed by atoms with Crippen molar-refractivity contribution < 1.29 is 14.3 Å². The van der Waals surface area contributed by atoms with E-state index >= 15 is 0 Å². The standard InChI is InChI=1S/C13H18FNO2S/c1-9(8-18-2)6-15-7-10-3-4-11(13(16)17)12(14)5-10/h3-5,9,15H,6-8H2,1-2H3,(H,16,17). The first-order valence-electron chi connectivity index (χ1n) is 5.76. The van der Waals surface area contributed by atoms with E-state index in [4.69, 9.17) is 5.11 Å². The van der Waals surface area contributed by atoms with Gasteiger partial charge in [-0.3, -0.25) is 0 Å². The topological polar surface area (TPSA) is 49.3 Å². The zero-order valence-corrected chi connectivity index (χ0v) is 11.4. The summed E-state index contributed by atoms with van der Waals surface area (Å²) in [4.78, 5) is 10.7. The van der Waals surface area contributed by atoms with Crippen molar-refractivity contribution in [3.8, 4) is 0 Å². The average molecular weight is 271 g/mol. The van der Waals surface area contributed by atoms with Gasteiger partial charge in [-0.2, -0.15) is 11.8 Å². The fraction of sp³-hybridized carbons (Fsp3) is 0.462. The predicted molar refractivity (Wildman–Crippen MR) is 72.6 cm³/mol. The molecule has 100 valence electrons. The molecule has 0 saturated heterocycles. The molecule has 0 fully saturated rings. The van der Waals surface area contributed by atoms with Crippen LogP contribution in [0.5, 0.6) is 0 Å². The van der Waals surface area contributed by atoms with Gasteiger partial charge in [0.15, 0.2) is 0 Å². The van der Waals surface area contributed by atoms with Gasteiger partial charge in [0.25, 0.3) is 0 Å². The lowest BCUT2D eigenvalue weighted by atomic mass is 10.1. The smallest absolute Gasteiger partial charge is 0.338 e. The minimum absolute atomic E-state index is 0.283. The Bertz CT molecular complexity index is 412. The Morgan fingerprint density at radius 2 is 2.28 bits per heavy atom. The van der Waals surface area contributed by atoms with Crippen molar-refractivity contribution in [1.29, 1.82) is 0 Å². The number of carbonyl (C=O) groups is 1. The van der Waals surface area contributed by atoms with Crippen molar-refractivity contribution in [2.75, 3.05) is 18.6 Å². The molecule has 0 saturated carbocycles. The van der Waals surface area contributed by atoms with Crippen molar-refractivity contribution in [2.45, 2.75) is 13.5 Å². The van der Waals surface area contributed by atoms with E-state index in [1.54, 1.807) is 17.8 Å². The van der Waals surface area contributed by atoms with E-state index in [2.05, 4.69) is 18.5 Å². The second kappa shape index (κ2) is 7.38. The molecule has 18 heavy (non-hydrogen) atoms. The third-order valence-electron chi connectivity index (χ3n) is 2.54. The molecule has 0 aromatic heterocycles. The van der Waals surface area contributed by atoms with Crippen molar-refractivity contribution in [1.82, 2.24) is 5.32 Å². The molecular weight excluding hydrogens is 253 g/mol. The van der Waals surface area contributed by atoms with Crippen LogP contribution in [0, 0.1) is 11.7 Å². The van der Waals surface area contributed by atoms with Crippen LogP contribution in [-0.2, 0) is 6.54 Å². The molecule has 0 spiro atoms. The third-order valence-corrected chi connectivity index (χ3v) is 3.44. The van der Waals surface area contributed by atoms with E-state index in [0.29, 0.717) is 12.5 Å². The molecule has 1 aromatic rings. The second-order valence-electron chi connectivity index (χ2n) is 4.31. The highest BCUT2D eigenvalue weighted by molar-refractivity contribution is 7.98. The minimum atomic E-state index is -1.24. The third kappa shape index (κ3) is 4.66. The van der Waals surface area contributed by atoms with Crippen LogP contribution in [0.1, 0.15) is 22.8 Å².